The van der Waals surface area contributed by atoms with Gasteiger partial charge in [-0.25, -0.2) is 4.39 Å². The summed E-state index contributed by atoms with van der Waals surface area (Å²) >= 11 is 0. The van der Waals surface area contributed by atoms with Crippen molar-refractivity contribution in [3.63, 3.8) is 0 Å². The molecule has 0 N–H and O–H groups in total. The molecule has 1 heterocycles. The highest BCUT2D eigenvalue weighted by molar-refractivity contribution is 5.95. The largest absolute Gasteiger partial charge is 0.336 e. The molecule has 0 aliphatic carbocycles. The van der Waals surface area contributed by atoms with Gasteiger partial charge in [0.25, 0.3) is 5.91 Å². The molecule has 5 nitrogen and oxygen atoms in total. The number of nitro benzene ring substituents is 1. The minimum atomic E-state index is -1.28. The van der Waals surface area contributed by atoms with Gasteiger partial charge in [0.05, 0.1) is 16.6 Å². The molecule has 1 aliphatic rings. The summed E-state index contributed by atoms with van der Waals surface area (Å²) in [5.74, 6) is -2.96. The van der Waals surface area contributed by atoms with E-state index in [0.29, 0.717) is 12.6 Å². The molecule has 1 aromatic carbocycles. The second-order valence-corrected chi connectivity index (χ2v) is 5.24. The normalized spacial score (nSPS) is 19.2. The Labute approximate surface area is 120 Å². The van der Waals surface area contributed by atoms with Gasteiger partial charge in [0.15, 0.2) is 0 Å². The monoisotopic (exact) mass is 298 g/mol. The zero-order valence-corrected chi connectivity index (χ0v) is 11.6. The van der Waals surface area contributed by atoms with Gasteiger partial charge in [-0.2, -0.15) is 4.39 Å². The van der Waals surface area contributed by atoms with Crippen LogP contribution in [0.25, 0.3) is 0 Å². The third-order valence-electron chi connectivity index (χ3n) is 3.76. The molecule has 1 atom stereocenters. The summed E-state index contributed by atoms with van der Waals surface area (Å²) in [6, 6.07) is 1.11. The minimum absolute atomic E-state index is 0.0956. The van der Waals surface area contributed by atoms with E-state index in [2.05, 4.69) is 0 Å². The van der Waals surface area contributed by atoms with Crippen LogP contribution in [0.2, 0.25) is 0 Å². The van der Waals surface area contributed by atoms with Crippen LogP contribution in [0.15, 0.2) is 12.1 Å². The Morgan fingerprint density at radius 1 is 1.33 bits per heavy atom. The number of likely N-dealkylation sites (tertiary alicyclic amines) is 1. The standard InChI is InChI=1S/C14H16F2N2O3/c1-9-5-3-2-4-6-17(9)14(19)11-7-10(15)8-12(13(11)16)18(20)21/h7-9H,2-6H2,1H3. The molecule has 114 valence electrons. The maximum atomic E-state index is 14.1. The first-order chi connectivity index (χ1) is 9.91. The first kappa shape index (κ1) is 15.3. The van der Waals surface area contributed by atoms with Crippen LogP contribution in [0, 0.1) is 21.7 Å². The van der Waals surface area contributed by atoms with Crippen LogP contribution in [0.5, 0.6) is 0 Å². The van der Waals surface area contributed by atoms with Crippen LogP contribution < -0.4 is 0 Å². The van der Waals surface area contributed by atoms with Crippen molar-refractivity contribution in [1.29, 1.82) is 0 Å². The van der Waals surface area contributed by atoms with Gasteiger partial charge in [-0.15, -0.1) is 0 Å². The zero-order chi connectivity index (χ0) is 15.6. The lowest BCUT2D eigenvalue weighted by molar-refractivity contribution is -0.387. The van der Waals surface area contributed by atoms with E-state index < -0.39 is 33.7 Å². The smallest absolute Gasteiger partial charge is 0.308 e. The van der Waals surface area contributed by atoms with Gasteiger partial charge in [0, 0.05) is 12.6 Å². The maximum Gasteiger partial charge on any atom is 0.308 e. The Morgan fingerprint density at radius 3 is 2.71 bits per heavy atom. The molecule has 7 heteroatoms. The summed E-state index contributed by atoms with van der Waals surface area (Å²) in [5, 5.41) is 10.7. The molecule has 0 aromatic heterocycles. The van der Waals surface area contributed by atoms with E-state index >= 15 is 0 Å². The highest BCUT2D eigenvalue weighted by Crippen LogP contribution is 2.26. The van der Waals surface area contributed by atoms with Crippen LogP contribution in [-0.2, 0) is 0 Å². The number of carbonyl (C=O) groups excluding carboxylic acids is 1. The molecule has 2 rings (SSSR count). The van der Waals surface area contributed by atoms with Gasteiger partial charge in [-0.3, -0.25) is 14.9 Å². The fourth-order valence-electron chi connectivity index (χ4n) is 2.59. The van der Waals surface area contributed by atoms with Gasteiger partial charge >= 0.3 is 5.69 Å². The first-order valence-electron chi connectivity index (χ1n) is 6.86. The molecule has 0 saturated carbocycles. The Balaban J connectivity index is 2.40. The van der Waals surface area contributed by atoms with Crippen LogP contribution in [0.3, 0.4) is 0 Å². The van der Waals surface area contributed by atoms with E-state index in [9.17, 15) is 23.7 Å². The number of nitro groups is 1. The Kier molecular flexibility index (Phi) is 4.50. The van der Waals surface area contributed by atoms with Gasteiger partial charge < -0.3 is 4.90 Å². The molecule has 1 aliphatic heterocycles. The maximum absolute atomic E-state index is 14.1. The van der Waals surface area contributed by atoms with Crippen LogP contribution >= 0.6 is 0 Å². The summed E-state index contributed by atoms with van der Waals surface area (Å²) in [7, 11) is 0. The van der Waals surface area contributed by atoms with E-state index in [4.69, 9.17) is 0 Å². The molecule has 1 aromatic rings. The van der Waals surface area contributed by atoms with Crippen molar-refractivity contribution in [1.82, 2.24) is 4.90 Å². The van der Waals surface area contributed by atoms with Crippen LogP contribution in [0.1, 0.15) is 43.0 Å². The number of hydrogen-bond acceptors (Lipinski definition) is 3. The number of benzene rings is 1. The average molecular weight is 298 g/mol. The second-order valence-electron chi connectivity index (χ2n) is 5.24. The number of rotatable bonds is 2. The third kappa shape index (κ3) is 3.17. The van der Waals surface area contributed by atoms with Gasteiger partial charge in [0.1, 0.15) is 5.82 Å². The second kappa shape index (κ2) is 6.15. The fourth-order valence-corrected chi connectivity index (χ4v) is 2.59. The van der Waals surface area contributed by atoms with Crippen LogP contribution in [0.4, 0.5) is 14.5 Å². The number of hydrogen-bond donors (Lipinski definition) is 0. The molecular weight excluding hydrogens is 282 g/mol. The summed E-state index contributed by atoms with van der Waals surface area (Å²) in [6.07, 6.45) is 3.51. The molecule has 21 heavy (non-hydrogen) atoms. The predicted molar refractivity (Wildman–Crippen MR) is 72.0 cm³/mol. The van der Waals surface area contributed by atoms with Crippen molar-refractivity contribution >= 4 is 11.6 Å². The highest BCUT2D eigenvalue weighted by Gasteiger charge is 2.29. The number of nitrogens with zero attached hydrogens (tertiary/aromatic N) is 2. The molecule has 1 unspecified atom stereocenters. The topological polar surface area (TPSA) is 63.5 Å². The third-order valence-corrected chi connectivity index (χ3v) is 3.76. The summed E-state index contributed by atoms with van der Waals surface area (Å²) < 4.78 is 27.5. The van der Waals surface area contributed by atoms with E-state index in [1.54, 1.807) is 0 Å². The lowest BCUT2D eigenvalue weighted by Crippen LogP contribution is -2.38. The summed E-state index contributed by atoms with van der Waals surface area (Å²) in [4.78, 5) is 23.6. The van der Waals surface area contributed by atoms with Gasteiger partial charge in [0.2, 0.25) is 5.82 Å². The predicted octanol–water partition coefficient (Wildman–Crippen LogP) is 3.28. The van der Waals surface area contributed by atoms with Crippen molar-refractivity contribution in [2.45, 2.75) is 38.6 Å². The number of carbonyl (C=O) groups is 1. The van der Waals surface area contributed by atoms with Crippen molar-refractivity contribution in [3.8, 4) is 0 Å². The molecule has 0 spiro atoms. The first-order valence-corrected chi connectivity index (χ1v) is 6.86. The molecule has 1 amide bonds. The van der Waals surface area contributed by atoms with Crippen molar-refractivity contribution in [2.75, 3.05) is 6.54 Å². The SMILES string of the molecule is CC1CCCCCN1C(=O)c1cc(F)cc([N+](=O)[O-])c1F. The number of amides is 1. The minimum Gasteiger partial charge on any atom is -0.336 e. The van der Waals surface area contributed by atoms with Crippen molar-refractivity contribution < 1.29 is 18.5 Å². The zero-order valence-electron chi connectivity index (χ0n) is 11.6. The Morgan fingerprint density at radius 2 is 2.05 bits per heavy atom. The average Bonchev–Trinajstić information content (AvgIpc) is 2.64. The highest BCUT2D eigenvalue weighted by atomic mass is 19.1. The lowest BCUT2D eigenvalue weighted by atomic mass is 10.1. The fraction of sp³-hybridized carbons (Fsp3) is 0.500. The lowest BCUT2D eigenvalue weighted by Gasteiger charge is -2.27. The molecule has 0 radical (unpaired) electrons. The van der Waals surface area contributed by atoms with E-state index in [-0.39, 0.29) is 6.04 Å². The quantitative estimate of drug-likeness (QED) is 0.621. The summed E-state index contributed by atoms with van der Waals surface area (Å²) in [6.45, 7) is 2.29. The van der Waals surface area contributed by atoms with E-state index in [1.165, 1.54) is 4.90 Å². The van der Waals surface area contributed by atoms with Crippen LogP contribution in [-0.4, -0.2) is 28.3 Å². The molecule has 1 fully saturated rings. The molecule has 0 bridgehead atoms. The van der Waals surface area contributed by atoms with E-state index in [0.717, 1.165) is 31.7 Å². The molecular formula is C14H16F2N2O3. The van der Waals surface area contributed by atoms with Crippen molar-refractivity contribution in [3.05, 3.63) is 39.4 Å². The van der Waals surface area contributed by atoms with Gasteiger partial charge in [-0.05, 0) is 25.8 Å². The number of halogens is 2. The Hall–Kier alpha value is -2.05. The van der Waals surface area contributed by atoms with Gasteiger partial charge in [-0.1, -0.05) is 12.8 Å². The Bertz CT molecular complexity index is 578. The summed E-state index contributed by atoms with van der Waals surface area (Å²) in [5.41, 5.74) is -1.59. The molecule has 1 saturated heterocycles. The van der Waals surface area contributed by atoms with E-state index in [1.807, 2.05) is 6.92 Å². The van der Waals surface area contributed by atoms with Crippen molar-refractivity contribution in [2.24, 2.45) is 0 Å².